The minimum Gasteiger partial charge on any atom is -0.467 e. The first-order valence-corrected chi connectivity index (χ1v) is 4.76. The fourth-order valence-corrected chi connectivity index (χ4v) is 1.98. The molecule has 0 bridgehead atoms. The highest BCUT2D eigenvalue weighted by molar-refractivity contribution is 5.26. The maximum absolute atomic E-state index is 5.45. The summed E-state index contributed by atoms with van der Waals surface area (Å²) in [6.07, 6.45) is 6.94. The molecule has 0 radical (unpaired) electrons. The van der Waals surface area contributed by atoms with E-state index in [0.717, 1.165) is 6.04 Å². The van der Waals surface area contributed by atoms with Crippen molar-refractivity contribution in [3.05, 3.63) is 23.7 Å². The Bertz CT molecular complexity index is 288. The minimum absolute atomic E-state index is 0.516. The van der Waals surface area contributed by atoms with Gasteiger partial charge in [-0.15, -0.1) is 0 Å². The highest BCUT2D eigenvalue weighted by Gasteiger charge is 2.31. The molecule has 3 rings (SSSR count). The Kier molecular flexibility index (Phi) is 1.32. The van der Waals surface area contributed by atoms with E-state index < -0.39 is 0 Å². The first kappa shape index (κ1) is 6.72. The second-order valence-corrected chi connectivity index (χ2v) is 3.84. The minimum atomic E-state index is 0.516. The van der Waals surface area contributed by atoms with Crippen LogP contribution in [0.25, 0.3) is 0 Å². The molecule has 12 heavy (non-hydrogen) atoms. The van der Waals surface area contributed by atoms with Crippen LogP contribution in [0.2, 0.25) is 0 Å². The fourth-order valence-electron chi connectivity index (χ4n) is 1.98. The monoisotopic (exact) mass is 163 g/mol. The van der Waals surface area contributed by atoms with Crippen LogP contribution in [0.3, 0.4) is 0 Å². The maximum atomic E-state index is 5.45. The van der Waals surface area contributed by atoms with E-state index in [1.54, 1.807) is 0 Å². The van der Waals surface area contributed by atoms with Crippen LogP contribution >= 0.6 is 0 Å². The van der Waals surface area contributed by atoms with Crippen LogP contribution in [0.4, 0.5) is 0 Å². The predicted octanol–water partition coefficient (Wildman–Crippen LogP) is 2.02. The van der Waals surface area contributed by atoms with Gasteiger partial charge in [-0.05, 0) is 37.3 Å². The van der Waals surface area contributed by atoms with Crippen LogP contribution in [0.15, 0.2) is 16.7 Å². The zero-order chi connectivity index (χ0) is 7.97. The predicted molar refractivity (Wildman–Crippen MR) is 45.9 cm³/mol. The van der Waals surface area contributed by atoms with Gasteiger partial charge < -0.3 is 9.73 Å². The van der Waals surface area contributed by atoms with Crippen molar-refractivity contribution in [1.29, 1.82) is 0 Å². The van der Waals surface area contributed by atoms with Crippen molar-refractivity contribution in [1.82, 2.24) is 5.32 Å². The van der Waals surface area contributed by atoms with Crippen molar-refractivity contribution in [3.63, 3.8) is 0 Å². The summed E-state index contributed by atoms with van der Waals surface area (Å²) in [6, 6.07) is 3.40. The van der Waals surface area contributed by atoms with Crippen molar-refractivity contribution in [2.24, 2.45) is 0 Å². The second kappa shape index (κ2) is 2.36. The van der Waals surface area contributed by atoms with Gasteiger partial charge in [-0.25, -0.2) is 0 Å². The Balaban J connectivity index is 1.80. The SMILES string of the molecule is c1cc2c(o1)C(NC1CC1)CC2. The molecule has 1 aromatic heterocycles. The van der Waals surface area contributed by atoms with E-state index in [0.29, 0.717) is 6.04 Å². The molecule has 1 unspecified atom stereocenters. The Labute approximate surface area is 72.0 Å². The largest absolute Gasteiger partial charge is 0.467 e. The summed E-state index contributed by atoms with van der Waals surface area (Å²) in [5, 5.41) is 3.60. The van der Waals surface area contributed by atoms with Crippen molar-refractivity contribution in [2.75, 3.05) is 0 Å². The summed E-state index contributed by atoms with van der Waals surface area (Å²) in [6.45, 7) is 0. The molecule has 0 aliphatic heterocycles. The fraction of sp³-hybridized carbons (Fsp3) is 0.600. The van der Waals surface area contributed by atoms with Gasteiger partial charge >= 0.3 is 0 Å². The Hall–Kier alpha value is -0.760. The van der Waals surface area contributed by atoms with Crippen LogP contribution in [-0.4, -0.2) is 6.04 Å². The lowest BCUT2D eigenvalue weighted by atomic mass is 10.2. The zero-order valence-electron chi connectivity index (χ0n) is 7.05. The zero-order valence-corrected chi connectivity index (χ0v) is 7.05. The highest BCUT2D eigenvalue weighted by atomic mass is 16.3. The summed E-state index contributed by atoms with van der Waals surface area (Å²) in [4.78, 5) is 0. The summed E-state index contributed by atoms with van der Waals surface area (Å²) in [5.41, 5.74) is 1.41. The molecule has 0 saturated heterocycles. The number of fused-ring (bicyclic) bond motifs is 1. The van der Waals surface area contributed by atoms with Gasteiger partial charge in [0.05, 0.1) is 12.3 Å². The number of hydrogen-bond donors (Lipinski definition) is 1. The van der Waals surface area contributed by atoms with Gasteiger partial charge in [-0.1, -0.05) is 0 Å². The van der Waals surface area contributed by atoms with Crippen molar-refractivity contribution < 1.29 is 4.42 Å². The first-order valence-electron chi connectivity index (χ1n) is 4.76. The average Bonchev–Trinajstić information content (AvgIpc) is 2.63. The lowest BCUT2D eigenvalue weighted by Gasteiger charge is -2.09. The van der Waals surface area contributed by atoms with Gasteiger partial charge in [0.1, 0.15) is 5.76 Å². The number of nitrogens with one attached hydrogen (secondary N) is 1. The van der Waals surface area contributed by atoms with Crippen LogP contribution in [0.1, 0.15) is 36.6 Å². The van der Waals surface area contributed by atoms with Gasteiger partial charge in [0.15, 0.2) is 0 Å². The number of hydrogen-bond acceptors (Lipinski definition) is 2. The Morgan fingerprint density at radius 1 is 1.33 bits per heavy atom. The molecule has 0 spiro atoms. The lowest BCUT2D eigenvalue weighted by molar-refractivity contribution is 0.416. The second-order valence-electron chi connectivity index (χ2n) is 3.84. The van der Waals surface area contributed by atoms with Gasteiger partial charge in [0, 0.05) is 6.04 Å². The van der Waals surface area contributed by atoms with E-state index >= 15 is 0 Å². The van der Waals surface area contributed by atoms with E-state index in [1.165, 1.54) is 37.0 Å². The first-order chi connectivity index (χ1) is 5.93. The third-order valence-electron chi connectivity index (χ3n) is 2.81. The van der Waals surface area contributed by atoms with Gasteiger partial charge in [0.2, 0.25) is 0 Å². The van der Waals surface area contributed by atoms with E-state index in [1.807, 2.05) is 6.26 Å². The molecule has 0 amide bonds. The summed E-state index contributed by atoms with van der Waals surface area (Å²) in [7, 11) is 0. The molecule has 1 heterocycles. The molecule has 2 aliphatic carbocycles. The van der Waals surface area contributed by atoms with Crippen molar-refractivity contribution in [2.45, 2.75) is 37.8 Å². The third kappa shape index (κ3) is 0.985. The summed E-state index contributed by atoms with van der Waals surface area (Å²) >= 11 is 0. The molecule has 0 aromatic carbocycles. The number of rotatable bonds is 2. The van der Waals surface area contributed by atoms with Gasteiger partial charge in [-0.2, -0.15) is 0 Å². The third-order valence-corrected chi connectivity index (χ3v) is 2.81. The lowest BCUT2D eigenvalue weighted by Crippen LogP contribution is -2.20. The van der Waals surface area contributed by atoms with Crippen LogP contribution in [0, 0.1) is 0 Å². The standard InChI is InChI=1S/C10H13NO/c1-4-9(11-8-2-3-8)10-7(1)5-6-12-10/h5-6,8-9,11H,1-4H2. The molecule has 1 N–H and O–H groups in total. The van der Waals surface area contributed by atoms with E-state index in [4.69, 9.17) is 4.42 Å². The van der Waals surface area contributed by atoms with Crippen molar-refractivity contribution in [3.8, 4) is 0 Å². The smallest absolute Gasteiger partial charge is 0.123 e. The molecule has 2 heteroatoms. The Morgan fingerprint density at radius 2 is 2.25 bits per heavy atom. The van der Waals surface area contributed by atoms with Gasteiger partial charge in [0.25, 0.3) is 0 Å². The molecule has 1 aromatic rings. The molecule has 2 nitrogen and oxygen atoms in total. The Morgan fingerprint density at radius 3 is 3.08 bits per heavy atom. The summed E-state index contributed by atoms with van der Waals surface area (Å²) in [5.74, 6) is 1.20. The van der Waals surface area contributed by atoms with Crippen LogP contribution in [0.5, 0.6) is 0 Å². The van der Waals surface area contributed by atoms with E-state index in [2.05, 4.69) is 11.4 Å². The normalized spacial score (nSPS) is 27.5. The molecule has 64 valence electrons. The molecular weight excluding hydrogens is 150 g/mol. The quantitative estimate of drug-likeness (QED) is 0.721. The van der Waals surface area contributed by atoms with Crippen molar-refractivity contribution >= 4 is 0 Å². The maximum Gasteiger partial charge on any atom is 0.123 e. The summed E-state index contributed by atoms with van der Waals surface area (Å²) < 4.78 is 5.45. The molecular formula is C10H13NO. The van der Waals surface area contributed by atoms with E-state index in [-0.39, 0.29) is 0 Å². The van der Waals surface area contributed by atoms with Crippen LogP contribution in [-0.2, 0) is 6.42 Å². The molecule has 1 saturated carbocycles. The highest BCUT2D eigenvalue weighted by Crippen LogP contribution is 2.34. The average molecular weight is 163 g/mol. The van der Waals surface area contributed by atoms with E-state index in [9.17, 15) is 0 Å². The number of aryl methyl sites for hydroxylation is 1. The number of furan rings is 1. The molecule has 2 aliphatic rings. The topological polar surface area (TPSA) is 25.2 Å². The van der Waals surface area contributed by atoms with Gasteiger partial charge in [-0.3, -0.25) is 0 Å². The van der Waals surface area contributed by atoms with Crippen LogP contribution < -0.4 is 5.32 Å². The molecule has 1 fully saturated rings. The molecule has 1 atom stereocenters.